The molecule has 3 aliphatic heterocycles. The number of rotatable bonds is 1. The Balaban J connectivity index is 1.60. The van der Waals surface area contributed by atoms with E-state index in [9.17, 15) is 14.7 Å². The van der Waals surface area contributed by atoms with Crippen LogP contribution in [0.15, 0.2) is 42.5 Å². The Hall–Kier alpha value is -3.52. The van der Waals surface area contributed by atoms with Crippen LogP contribution in [0, 0.1) is 0 Å². The van der Waals surface area contributed by atoms with E-state index >= 15 is 0 Å². The molecule has 2 amide bonds. The van der Waals surface area contributed by atoms with Crippen LogP contribution in [0.1, 0.15) is 17.5 Å². The zero-order valence-corrected chi connectivity index (χ0v) is 16.2. The van der Waals surface area contributed by atoms with Crippen LogP contribution < -0.4 is 9.47 Å². The number of aliphatic hydroxyl groups excluding tert-OH is 1. The van der Waals surface area contributed by atoms with Gasteiger partial charge in [-0.2, -0.15) is 0 Å². The highest BCUT2D eigenvalue weighted by Crippen LogP contribution is 2.43. The van der Waals surface area contributed by atoms with E-state index in [2.05, 4.69) is 0 Å². The monoisotopic (exact) mass is 405 g/mol. The van der Waals surface area contributed by atoms with Gasteiger partial charge in [0.05, 0.1) is 17.8 Å². The number of amides is 2. The molecule has 0 spiro atoms. The van der Waals surface area contributed by atoms with Gasteiger partial charge in [0.15, 0.2) is 17.7 Å². The molecule has 4 heterocycles. The summed E-state index contributed by atoms with van der Waals surface area (Å²) in [7, 11) is 1.62. The van der Waals surface area contributed by atoms with Gasteiger partial charge in [0, 0.05) is 30.6 Å². The van der Waals surface area contributed by atoms with Gasteiger partial charge < -0.3 is 24.0 Å². The average Bonchev–Trinajstić information content (AvgIpc) is 3.34. The first kappa shape index (κ1) is 17.3. The van der Waals surface area contributed by atoms with Crippen LogP contribution in [0.25, 0.3) is 16.6 Å². The molecule has 0 radical (unpaired) electrons. The summed E-state index contributed by atoms with van der Waals surface area (Å²) in [6, 6.07) is 12.7. The maximum atomic E-state index is 12.8. The van der Waals surface area contributed by atoms with Crippen molar-refractivity contribution >= 4 is 22.7 Å². The largest absolute Gasteiger partial charge is 0.454 e. The number of aromatic nitrogens is 1. The summed E-state index contributed by atoms with van der Waals surface area (Å²) in [5.41, 5.74) is 3.18. The van der Waals surface area contributed by atoms with Gasteiger partial charge in [-0.05, 0) is 23.8 Å². The van der Waals surface area contributed by atoms with Crippen LogP contribution >= 0.6 is 0 Å². The number of carbonyl (C=O) groups is 2. The Bertz CT molecular complexity index is 1230. The van der Waals surface area contributed by atoms with Crippen LogP contribution in [-0.4, -0.2) is 57.7 Å². The van der Waals surface area contributed by atoms with Crippen molar-refractivity contribution in [3.63, 3.8) is 0 Å². The maximum Gasteiger partial charge on any atom is 0.246 e. The number of benzene rings is 2. The number of nitrogens with zero attached hydrogens (tertiary/aromatic N) is 3. The second-order valence-electron chi connectivity index (χ2n) is 7.84. The predicted octanol–water partition coefficient (Wildman–Crippen LogP) is 1.58. The van der Waals surface area contributed by atoms with E-state index in [0.29, 0.717) is 23.6 Å². The third-order valence-corrected chi connectivity index (χ3v) is 6.20. The van der Waals surface area contributed by atoms with Gasteiger partial charge in [-0.1, -0.05) is 18.2 Å². The van der Waals surface area contributed by atoms with E-state index in [0.717, 1.165) is 22.2 Å². The molecule has 8 heteroatoms. The summed E-state index contributed by atoms with van der Waals surface area (Å²) in [4.78, 5) is 28.3. The third kappa shape index (κ3) is 2.19. The van der Waals surface area contributed by atoms with E-state index in [1.54, 1.807) is 7.05 Å². The lowest BCUT2D eigenvalue weighted by atomic mass is 9.93. The van der Waals surface area contributed by atoms with Crippen LogP contribution in [0.2, 0.25) is 0 Å². The van der Waals surface area contributed by atoms with Gasteiger partial charge in [-0.25, -0.2) is 0 Å². The molecule has 6 rings (SSSR count). The molecule has 152 valence electrons. The summed E-state index contributed by atoms with van der Waals surface area (Å²) in [6.07, 6.45) is -0.860. The lowest BCUT2D eigenvalue weighted by Gasteiger charge is -2.44. The van der Waals surface area contributed by atoms with Gasteiger partial charge in [-0.3, -0.25) is 14.5 Å². The molecule has 8 nitrogen and oxygen atoms in total. The molecule has 1 aromatic heterocycles. The fourth-order valence-electron chi connectivity index (χ4n) is 4.84. The first-order chi connectivity index (χ1) is 14.5. The van der Waals surface area contributed by atoms with E-state index in [1.165, 1.54) is 9.80 Å². The van der Waals surface area contributed by atoms with E-state index in [1.807, 2.05) is 47.0 Å². The van der Waals surface area contributed by atoms with Gasteiger partial charge in [0.1, 0.15) is 6.04 Å². The minimum atomic E-state index is -1.22. The second-order valence-corrected chi connectivity index (χ2v) is 7.84. The molecule has 0 bridgehead atoms. The number of aliphatic hydroxyl groups is 1. The van der Waals surface area contributed by atoms with E-state index in [-0.39, 0.29) is 25.2 Å². The molecule has 1 saturated heterocycles. The first-order valence-corrected chi connectivity index (χ1v) is 9.81. The average molecular weight is 405 g/mol. The Morgan fingerprint density at radius 1 is 1.07 bits per heavy atom. The topological polar surface area (TPSA) is 84.2 Å². The molecule has 0 aliphatic carbocycles. The predicted molar refractivity (Wildman–Crippen MR) is 106 cm³/mol. The number of hydrogen-bond acceptors (Lipinski definition) is 5. The number of fused-ring (bicyclic) bond motifs is 5. The number of hydrogen-bond donors (Lipinski definition) is 1. The normalized spacial score (nSPS) is 22.5. The highest BCUT2D eigenvalue weighted by molar-refractivity contribution is 5.97. The van der Waals surface area contributed by atoms with Crippen LogP contribution in [0.5, 0.6) is 11.5 Å². The number of carbonyl (C=O) groups excluding carboxylic acids is 2. The zero-order chi connectivity index (χ0) is 20.6. The minimum absolute atomic E-state index is 0.0357. The molecule has 2 atom stereocenters. The molecule has 0 saturated carbocycles. The van der Waals surface area contributed by atoms with Crippen molar-refractivity contribution < 1.29 is 24.2 Å². The lowest BCUT2D eigenvalue weighted by Crippen LogP contribution is -2.62. The third-order valence-electron chi connectivity index (χ3n) is 6.20. The number of likely N-dealkylation sites (N-methyl/N-ethyl adjacent to an activating group) is 1. The molecule has 30 heavy (non-hydrogen) atoms. The van der Waals surface area contributed by atoms with Gasteiger partial charge in [0.2, 0.25) is 18.6 Å². The number of ether oxygens (including phenoxy) is 2. The summed E-state index contributed by atoms with van der Waals surface area (Å²) in [5.74, 6) is 0.888. The molecular formula is C22H19N3O5. The Morgan fingerprint density at radius 3 is 2.73 bits per heavy atom. The van der Waals surface area contributed by atoms with Crippen molar-refractivity contribution in [2.75, 3.05) is 20.4 Å². The van der Waals surface area contributed by atoms with Crippen molar-refractivity contribution in [1.29, 1.82) is 0 Å². The molecular weight excluding hydrogens is 386 g/mol. The summed E-state index contributed by atoms with van der Waals surface area (Å²) in [6.45, 7) is 0.136. The minimum Gasteiger partial charge on any atom is -0.454 e. The highest BCUT2D eigenvalue weighted by Gasteiger charge is 2.47. The fraction of sp³-hybridized carbons (Fsp3) is 0.273. The Labute approximate surface area is 171 Å². The van der Waals surface area contributed by atoms with Gasteiger partial charge >= 0.3 is 0 Å². The van der Waals surface area contributed by atoms with Gasteiger partial charge in [0.25, 0.3) is 0 Å². The van der Waals surface area contributed by atoms with E-state index < -0.39 is 12.3 Å². The SMILES string of the molecule is CN1CC(=O)N2[C@H](Cc3c(n(-c4ccc5c(c4)OCO5)c4ccccc34)[C@@H]2O)C1=O. The summed E-state index contributed by atoms with van der Waals surface area (Å²) >= 11 is 0. The van der Waals surface area contributed by atoms with Crippen LogP contribution in [0.3, 0.4) is 0 Å². The number of piperazine rings is 1. The van der Waals surface area contributed by atoms with Crippen LogP contribution in [0.4, 0.5) is 0 Å². The highest BCUT2D eigenvalue weighted by atomic mass is 16.7. The standard InChI is InChI=1S/C22H19N3O5/c1-23-10-19(26)25-16(21(23)27)9-14-13-4-2-3-5-15(13)24(20(14)22(25)28)12-6-7-17-18(8-12)30-11-29-17/h2-8,16,22,28H,9-11H2,1H3/t16-,22+/m1/s1. The Kier molecular flexibility index (Phi) is 3.47. The zero-order valence-electron chi connectivity index (χ0n) is 16.2. The molecule has 3 aromatic rings. The van der Waals surface area contributed by atoms with E-state index in [4.69, 9.17) is 9.47 Å². The van der Waals surface area contributed by atoms with Gasteiger partial charge in [-0.15, -0.1) is 0 Å². The van der Waals surface area contributed by atoms with Crippen molar-refractivity contribution in [2.24, 2.45) is 0 Å². The van der Waals surface area contributed by atoms with Crippen molar-refractivity contribution in [1.82, 2.24) is 14.4 Å². The maximum absolute atomic E-state index is 12.8. The van der Waals surface area contributed by atoms with Crippen molar-refractivity contribution in [2.45, 2.75) is 18.7 Å². The molecule has 1 fully saturated rings. The van der Waals surface area contributed by atoms with Crippen molar-refractivity contribution in [3.05, 3.63) is 53.7 Å². The molecule has 2 aromatic carbocycles. The second kappa shape index (κ2) is 5.99. The summed E-state index contributed by atoms with van der Waals surface area (Å²) in [5, 5.41) is 12.3. The quantitative estimate of drug-likeness (QED) is 0.665. The van der Waals surface area contributed by atoms with Crippen LogP contribution in [-0.2, 0) is 16.0 Å². The molecule has 3 aliphatic rings. The first-order valence-electron chi connectivity index (χ1n) is 9.81. The smallest absolute Gasteiger partial charge is 0.246 e. The fourth-order valence-corrected chi connectivity index (χ4v) is 4.84. The molecule has 0 unspecified atom stereocenters. The lowest BCUT2D eigenvalue weighted by molar-refractivity contribution is -0.168. The molecule has 1 N–H and O–H groups in total. The Morgan fingerprint density at radius 2 is 1.87 bits per heavy atom. The number of para-hydroxylation sites is 1. The van der Waals surface area contributed by atoms with Crippen molar-refractivity contribution in [3.8, 4) is 17.2 Å². The summed E-state index contributed by atoms with van der Waals surface area (Å²) < 4.78 is 12.9.